The number of carbonyl (C=O) groups excluding carboxylic acids is 1. The van der Waals surface area contributed by atoms with E-state index < -0.39 is 24.0 Å². The average molecular weight is 280 g/mol. The Hall–Kier alpha value is -0.780. The summed E-state index contributed by atoms with van der Waals surface area (Å²) in [7, 11) is 0. The highest BCUT2D eigenvalue weighted by atomic mass is 19.4. The lowest BCUT2D eigenvalue weighted by atomic mass is 9.81. The minimum Gasteiger partial charge on any atom is -0.465 e. The monoisotopic (exact) mass is 280 g/mol. The van der Waals surface area contributed by atoms with Crippen LogP contribution in [0.15, 0.2) is 0 Å². The first-order chi connectivity index (χ1) is 8.80. The molecule has 3 nitrogen and oxygen atoms in total. The third-order valence-corrected chi connectivity index (χ3v) is 3.93. The molecule has 1 saturated heterocycles. The topological polar surface area (TPSA) is 35.5 Å². The van der Waals surface area contributed by atoms with Crippen LogP contribution in [0.4, 0.5) is 13.2 Å². The normalized spacial score (nSPS) is 30.5. The summed E-state index contributed by atoms with van der Waals surface area (Å²) in [5.74, 6) is -2.45. The fraction of sp³-hybridized carbons (Fsp3) is 0.923. The maximum atomic E-state index is 12.6. The first kappa shape index (κ1) is 14.6. The standard InChI is InChI=1S/C13H19F3O3/c1-12(6-18-7-12)8-19-11(17)9-3-2-4-10(5-9)13(14,15)16/h9-10H,2-8H2,1H3. The molecule has 2 atom stereocenters. The summed E-state index contributed by atoms with van der Waals surface area (Å²) < 4.78 is 48.1. The maximum Gasteiger partial charge on any atom is 0.391 e. The molecule has 0 aromatic heterocycles. The van der Waals surface area contributed by atoms with Gasteiger partial charge in [-0.05, 0) is 19.3 Å². The van der Waals surface area contributed by atoms with Crippen molar-refractivity contribution in [3.05, 3.63) is 0 Å². The molecule has 2 rings (SSSR count). The second-order valence-corrected chi connectivity index (χ2v) is 6.01. The van der Waals surface area contributed by atoms with E-state index in [4.69, 9.17) is 9.47 Å². The number of rotatable bonds is 3. The van der Waals surface area contributed by atoms with Gasteiger partial charge < -0.3 is 9.47 Å². The molecule has 19 heavy (non-hydrogen) atoms. The third-order valence-electron chi connectivity index (χ3n) is 3.93. The largest absolute Gasteiger partial charge is 0.465 e. The van der Waals surface area contributed by atoms with Gasteiger partial charge in [-0.2, -0.15) is 13.2 Å². The SMILES string of the molecule is CC1(COC(=O)C2CCCC(C(F)(F)F)C2)COC1. The van der Waals surface area contributed by atoms with Crippen molar-refractivity contribution in [3.8, 4) is 0 Å². The highest BCUT2D eigenvalue weighted by Crippen LogP contribution is 2.40. The van der Waals surface area contributed by atoms with Crippen LogP contribution in [0.1, 0.15) is 32.6 Å². The van der Waals surface area contributed by atoms with E-state index in [9.17, 15) is 18.0 Å². The highest BCUT2D eigenvalue weighted by Gasteiger charge is 2.44. The zero-order chi connectivity index (χ0) is 14.1. The van der Waals surface area contributed by atoms with Crippen molar-refractivity contribution in [2.75, 3.05) is 19.8 Å². The summed E-state index contributed by atoms with van der Waals surface area (Å²) in [5.41, 5.74) is -0.159. The Morgan fingerprint density at radius 1 is 1.37 bits per heavy atom. The molecule has 0 bridgehead atoms. The molecular weight excluding hydrogens is 261 g/mol. The molecule has 2 aliphatic rings. The van der Waals surface area contributed by atoms with Crippen molar-refractivity contribution in [3.63, 3.8) is 0 Å². The molecule has 0 N–H and O–H groups in total. The van der Waals surface area contributed by atoms with Crippen LogP contribution in [0.3, 0.4) is 0 Å². The Morgan fingerprint density at radius 3 is 2.58 bits per heavy atom. The summed E-state index contributed by atoms with van der Waals surface area (Å²) >= 11 is 0. The second-order valence-electron chi connectivity index (χ2n) is 6.01. The molecule has 2 unspecified atom stereocenters. The van der Waals surface area contributed by atoms with E-state index in [0.29, 0.717) is 26.1 Å². The summed E-state index contributed by atoms with van der Waals surface area (Å²) in [6, 6.07) is 0. The van der Waals surface area contributed by atoms with E-state index in [1.165, 1.54) is 0 Å². The average Bonchev–Trinajstić information content (AvgIpc) is 2.33. The van der Waals surface area contributed by atoms with E-state index in [2.05, 4.69) is 0 Å². The van der Waals surface area contributed by atoms with Gasteiger partial charge in [-0.3, -0.25) is 4.79 Å². The molecule has 6 heteroatoms. The number of esters is 1. The Bertz CT molecular complexity index is 337. The Kier molecular flexibility index (Phi) is 4.08. The van der Waals surface area contributed by atoms with E-state index >= 15 is 0 Å². The fourth-order valence-corrected chi connectivity index (χ4v) is 2.60. The zero-order valence-corrected chi connectivity index (χ0v) is 11.0. The van der Waals surface area contributed by atoms with Crippen molar-refractivity contribution in [2.45, 2.75) is 38.8 Å². The molecular formula is C13H19F3O3. The predicted molar refractivity (Wildman–Crippen MR) is 61.4 cm³/mol. The molecule has 110 valence electrons. The number of hydrogen-bond donors (Lipinski definition) is 0. The van der Waals surface area contributed by atoms with Gasteiger partial charge in [0.25, 0.3) is 0 Å². The van der Waals surface area contributed by atoms with E-state index in [1.807, 2.05) is 6.92 Å². The Morgan fingerprint density at radius 2 is 2.05 bits per heavy atom. The first-order valence-corrected chi connectivity index (χ1v) is 6.61. The van der Waals surface area contributed by atoms with Gasteiger partial charge in [0, 0.05) is 5.41 Å². The molecule has 1 aliphatic carbocycles. The fourth-order valence-electron chi connectivity index (χ4n) is 2.60. The van der Waals surface area contributed by atoms with Crippen LogP contribution in [0, 0.1) is 17.3 Å². The molecule has 1 heterocycles. The number of carbonyl (C=O) groups is 1. The van der Waals surface area contributed by atoms with Crippen molar-refractivity contribution < 1.29 is 27.4 Å². The van der Waals surface area contributed by atoms with Gasteiger partial charge in [-0.15, -0.1) is 0 Å². The molecule has 0 amide bonds. The van der Waals surface area contributed by atoms with Crippen LogP contribution >= 0.6 is 0 Å². The van der Waals surface area contributed by atoms with Crippen LogP contribution in [0.2, 0.25) is 0 Å². The molecule has 1 saturated carbocycles. The van der Waals surface area contributed by atoms with Gasteiger partial charge in [0.05, 0.1) is 25.0 Å². The van der Waals surface area contributed by atoms with Crippen LogP contribution < -0.4 is 0 Å². The quantitative estimate of drug-likeness (QED) is 0.746. The van der Waals surface area contributed by atoms with Gasteiger partial charge >= 0.3 is 12.1 Å². The smallest absolute Gasteiger partial charge is 0.391 e. The van der Waals surface area contributed by atoms with Crippen LogP contribution in [0.5, 0.6) is 0 Å². The van der Waals surface area contributed by atoms with E-state index in [0.717, 1.165) is 0 Å². The summed E-state index contributed by atoms with van der Waals surface area (Å²) in [6.07, 6.45) is -3.27. The molecule has 0 radical (unpaired) electrons. The van der Waals surface area contributed by atoms with Gasteiger partial charge in [-0.25, -0.2) is 0 Å². The van der Waals surface area contributed by atoms with Crippen molar-refractivity contribution in [1.82, 2.24) is 0 Å². The number of halogens is 3. The van der Waals surface area contributed by atoms with Gasteiger partial charge in [-0.1, -0.05) is 13.3 Å². The minimum atomic E-state index is -4.20. The summed E-state index contributed by atoms with van der Waals surface area (Å²) in [6.45, 7) is 3.24. The Balaban J connectivity index is 1.81. The van der Waals surface area contributed by atoms with Gasteiger partial charge in [0.2, 0.25) is 0 Å². The lowest BCUT2D eigenvalue weighted by molar-refractivity contribution is -0.192. The van der Waals surface area contributed by atoms with E-state index in [1.54, 1.807) is 0 Å². The zero-order valence-electron chi connectivity index (χ0n) is 11.0. The van der Waals surface area contributed by atoms with Crippen molar-refractivity contribution >= 4 is 5.97 Å². The summed E-state index contributed by atoms with van der Waals surface area (Å²) in [4.78, 5) is 11.8. The minimum absolute atomic E-state index is 0.124. The van der Waals surface area contributed by atoms with E-state index in [-0.39, 0.29) is 24.9 Å². The first-order valence-electron chi connectivity index (χ1n) is 6.61. The lowest BCUT2D eigenvalue weighted by Gasteiger charge is -2.37. The van der Waals surface area contributed by atoms with Crippen molar-refractivity contribution in [2.24, 2.45) is 17.3 Å². The molecule has 0 aromatic carbocycles. The van der Waals surface area contributed by atoms with Crippen LogP contribution in [0.25, 0.3) is 0 Å². The van der Waals surface area contributed by atoms with Crippen LogP contribution in [-0.4, -0.2) is 32.0 Å². The highest BCUT2D eigenvalue weighted by molar-refractivity contribution is 5.72. The van der Waals surface area contributed by atoms with Gasteiger partial charge in [0.15, 0.2) is 0 Å². The summed E-state index contributed by atoms with van der Waals surface area (Å²) in [5, 5.41) is 0. The maximum absolute atomic E-state index is 12.6. The second kappa shape index (κ2) is 5.31. The molecule has 2 fully saturated rings. The Labute approximate surface area is 110 Å². The molecule has 1 aliphatic heterocycles. The van der Waals surface area contributed by atoms with Crippen LogP contribution in [-0.2, 0) is 14.3 Å². The molecule has 0 aromatic rings. The third kappa shape index (κ3) is 3.61. The van der Waals surface area contributed by atoms with Crippen molar-refractivity contribution in [1.29, 1.82) is 0 Å². The number of hydrogen-bond acceptors (Lipinski definition) is 3. The molecule has 0 spiro atoms. The van der Waals surface area contributed by atoms with Gasteiger partial charge in [0.1, 0.15) is 6.61 Å². The number of ether oxygens (including phenoxy) is 2. The predicted octanol–water partition coefficient (Wildman–Crippen LogP) is 2.93. The lowest BCUT2D eigenvalue weighted by Crippen LogP contribution is -2.44. The number of alkyl halides is 3.